The lowest BCUT2D eigenvalue weighted by molar-refractivity contribution is -0.373. The van der Waals surface area contributed by atoms with Gasteiger partial charge in [-0.2, -0.15) is 0 Å². The Morgan fingerprint density at radius 2 is 1.43 bits per heavy atom. The topological polar surface area (TPSA) is 301 Å². The van der Waals surface area contributed by atoms with Gasteiger partial charge in [0.2, 0.25) is 0 Å². The van der Waals surface area contributed by atoms with Crippen LogP contribution in [0.15, 0.2) is 11.6 Å². The standard InChI is InChI=1S/C41H62O19/c1-18-34(59-37-33(51)31(49)35(26(15-43)58-37)60-36-32(50)30(48)29(47)25(14-42)57-36)24(45)12-28(55-18)56-20-3-8-39(17-44)22-4-7-38(2)21(19-11-27(46)54-16-19)6-10-41(38,53)23(22)5-9-40(39,52)13-20/h11,17-18,20-26,28-37,42-43,45,47-53H,3-10,12-16H2,1-2H3/t18-,20+,21-,22+,23-,24+,25-,26-,28+,29-,30+,31-,32+,33-,34-,35-,36+,37+,38-,39+,40+,41+/m1/s1. The molecule has 4 aliphatic carbocycles. The molecule has 19 heteroatoms. The lowest BCUT2D eigenvalue weighted by Crippen LogP contribution is -2.69. The predicted octanol–water partition coefficient (Wildman–Crippen LogP) is -2.57. The van der Waals surface area contributed by atoms with Crippen LogP contribution < -0.4 is 0 Å². The molecule has 0 spiro atoms. The van der Waals surface area contributed by atoms with E-state index in [9.17, 15) is 60.7 Å². The summed E-state index contributed by atoms with van der Waals surface area (Å²) in [5, 5.41) is 109. The molecule has 0 aromatic heterocycles. The summed E-state index contributed by atoms with van der Waals surface area (Å²) in [7, 11) is 0. The van der Waals surface area contributed by atoms with Crippen molar-refractivity contribution in [3.8, 4) is 0 Å². The van der Waals surface area contributed by atoms with Crippen LogP contribution in [-0.4, -0.2) is 186 Å². The van der Waals surface area contributed by atoms with Gasteiger partial charge in [0.15, 0.2) is 18.9 Å². The Bertz CT molecular complexity index is 1600. The van der Waals surface area contributed by atoms with Crippen LogP contribution in [0.3, 0.4) is 0 Å². The molecule has 7 fully saturated rings. The largest absolute Gasteiger partial charge is 0.458 e. The SMILES string of the molecule is C[C@H]1O[C@@H](O[C@H]2CC[C@]3(C=O)[C@H]4CC[C@]5(C)[C@@H](C6=CC(=O)OC6)CC[C@]5(O)[C@@H]4CC[C@]3(O)C2)C[C@H](O)[C@@H]1O[C@@H]1O[C@H](CO)[C@@H](O[C@@H]2O[C@H](CO)[C@@H](O)[C@H](O)[C@@H]2O)[C@H](O)[C@H]1O. The van der Waals surface area contributed by atoms with Gasteiger partial charge >= 0.3 is 5.97 Å². The number of ether oxygens (including phenoxy) is 7. The molecule has 60 heavy (non-hydrogen) atoms. The summed E-state index contributed by atoms with van der Waals surface area (Å²) in [4.78, 5) is 25.2. The second-order valence-corrected chi connectivity index (χ2v) is 18.9. The molecule has 22 atom stereocenters. The van der Waals surface area contributed by atoms with E-state index in [1.807, 2.05) is 0 Å². The van der Waals surface area contributed by atoms with E-state index in [1.54, 1.807) is 13.0 Å². The number of aldehydes is 1. The molecule has 0 radical (unpaired) electrons. The normalized spacial score (nSPS) is 54.3. The van der Waals surface area contributed by atoms with Crippen LogP contribution in [0, 0.1) is 28.6 Å². The second kappa shape index (κ2) is 16.7. The molecule has 19 nitrogen and oxygen atoms in total. The van der Waals surface area contributed by atoms with Crippen molar-refractivity contribution in [1.82, 2.24) is 0 Å². The minimum absolute atomic E-state index is 0.00494. The van der Waals surface area contributed by atoms with Gasteiger partial charge in [0, 0.05) is 24.3 Å². The van der Waals surface area contributed by atoms with Gasteiger partial charge in [0.05, 0.1) is 48.1 Å². The van der Waals surface area contributed by atoms with Crippen molar-refractivity contribution in [3.05, 3.63) is 11.6 Å². The number of carbonyl (C=O) groups excluding carboxylic acids is 2. The summed E-state index contributed by atoms with van der Waals surface area (Å²) in [6.45, 7) is 2.45. The Morgan fingerprint density at radius 1 is 0.767 bits per heavy atom. The molecule has 0 bridgehead atoms. The van der Waals surface area contributed by atoms with Crippen LogP contribution in [0.5, 0.6) is 0 Å². The van der Waals surface area contributed by atoms with Crippen LogP contribution in [0.4, 0.5) is 0 Å². The van der Waals surface area contributed by atoms with Gasteiger partial charge in [0.25, 0.3) is 0 Å². The number of esters is 1. The first-order valence-electron chi connectivity index (χ1n) is 21.5. The second-order valence-electron chi connectivity index (χ2n) is 18.9. The van der Waals surface area contributed by atoms with E-state index in [0.29, 0.717) is 51.4 Å². The summed E-state index contributed by atoms with van der Waals surface area (Å²) in [5.74, 6) is -0.820. The molecular formula is C41H62O19. The third kappa shape index (κ3) is 7.12. The Kier molecular flexibility index (Phi) is 12.4. The highest BCUT2D eigenvalue weighted by atomic mass is 16.8. The molecule has 8 aliphatic rings. The Hall–Kier alpha value is -1.76. The first-order chi connectivity index (χ1) is 28.4. The van der Waals surface area contributed by atoms with Crippen LogP contribution >= 0.6 is 0 Å². The zero-order valence-corrected chi connectivity index (χ0v) is 33.9. The van der Waals surface area contributed by atoms with E-state index in [4.69, 9.17) is 33.2 Å². The van der Waals surface area contributed by atoms with Gasteiger partial charge in [-0.25, -0.2) is 4.79 Å². The number of hydrogen-bond acceptors (Lipinski definition) is 19. The molecule has 4 saturated carbocycles. The van der Waals surface area contributed by atoms with Crippen molar-refractivity contribution < 1.29 is 93.8 Å². The first kappa shape index (κ1) is 44.8. The van der Waals surface area contributed by atoms with Gasteiger partial charge in [-0.15, -0.1) is 0 Å². The highest BCUT2D eigenvalue weighted by molar-refractivity contribution is 5.85. The van der Waals surface area contributed by atoms with E-state index in [0.717, 1.165) is 11.9 Å². The molecule has 0 amide bonds. The van der Waals surface area contributed by atoms with E-state index in [-0.39, 0.29) is 43.2 Å². The Labute approximate surface area is 347 Å². The number of hydrogen-bond donors (Lipinski definition) is 10. The van der Waals surface area contributed by atoms with Crippen LogP contribution in [0.25, 0.3) is 0 Å². The maximum atomic E-state index is 13.3. The lowest BCUT2D eigenvalue weighted by atomic mass is 9.41. The van der Waals surface area contributed by atoms with Crippen molar-refractivity contribution in [2.24, 2.45) is 28.6 Å². The van der Waals surface area contributed by atoms with Gasteiger partial charge in [0.1, 0.15) is 67.8 Å². The van der Waals surface area contributed by atoms with Crippen molar-refractivity contribution in [2.75, 3.05) is 19.8 Å². The summed E-state index contributed by atoms with van der Waals surface area (Å²) in [6, 6.07) is 0. The third-order valence-electron chi connectivity index (χ3n) is 16.1. The number of carbonyl (C=O) groups is 2. The molecular weight excluding hydrogens is 796 g/mol. The fourth-order valence-corrected chi connectivity index (χ4v) is 12.8. The highest BCUT2D eigenvalue weighted by Crippen LogP contribution is 2.70. The van der Waals surface area contributed by atoms with Crippen molar-refractivity contribution >= 4 is 12.3 Å². The summed E-state index contributed by atoms with van der Waals surface area (Å²) < 4.78 is 40.4. The Morgan fingerprint density at radius 3 is 2.08 bits per heavy atom. The molecule has 4 aliphatic heterocycles. The van der Waals surface area contributed by atoms with Gasteiger partial charge in [-0.1, -0.05) is 6.92 Å². The molecule has 4 heterocycles. The predicted molar refractivity (Wildman–Crippen MR) is 199 cm³/mol. The number of cyclic esters (lactones) is 1. The van der Waals surface area contributed by atoms with E-state index in [2.05, 4.69) is 6.92 Å². The van der Waals surface area contributed by atoms with Crippen LogP contribution in [-0.2, 0) is 42.7 Å². The van der Waals surface area contributed by atoms with Crippen LogP contribution in [0.2, 0.25) is 0 Å². The highest BCUT2D eigenvalue weighted by Gasteiger charge is 2.71. The fourth-order valence-electron chi connectivity index (χ4n) is 12.8. The zero-order valence-electron chi connectivity index (χ0n) is 33.9. The monoisotopic (exact) mass is 858 g/mol. The minimum atomic E-state index is -1.82. The van der Waals surface area contributed by atoms with Crippen LogP contribution in [0.1, 0.15) is 78.1 Å². The Balaban J connectivity index is 0.876. The fraction of sp³-hybridized carbons (Fsp3) is 0.902. The van der Waals surface area contributed by atoms with Gasteiger partial charge < -0.3 is 89.0 Å². The molecule has 0 aromatic rings. The smallest absolute Gasteiger partial charge is 0.331 e. The van der Waals surface area contributed by atoms with Gasteiger partial charge in [-0.3, -0.25) is 0 Å². The quantitative estimate of drug-likeness (QED) is 0.0613. The molecule has 10 N–H and O–H groups in total. The summed E-state index contributed by atoms with van der Waals surface area (Å²) in [5.41, 5.74) is -3.15. The van der Waals surface area contributed by atoms with E-state index >= 15 is 0 Å². The number of rotatable bonds is 10. The number of aliphatic hydroxyl groups is 10. The zero-order chi connectivity index (χ0) is 43.1. The molecule has 0 unspecified atom stereocenters. The molecule has 3 saturated heterocycles. The maximum absolute atomic E-state index is 13.3. The number of aliphatic hydroxyl groups excluding tert-OH is 8. The van der Waals surface area contributed by atoms with Crippen molar-refractivity contribution in [2.45, 2.75) is 181 Å². The van der Waals surface area contributed by atoms with Crippen molar-refractivity contribution in [1.29, 1.82) is 0 Å². The summed E-state index contributed by atoms with van der Waals surface area (Å²) in [6.07, 6.45) is -14.4. The van der Waals surface area contributed by atoms with E-state index < -0.39 is 127 Å². The lowest BCUT2D eigenvalue weighted by Gasteiger charge is -2.65. The first-order valence-corrected chi connectivity index (χ1v) is 21.5. The molecule has 8 rings (SSSR count). The third-order valence-corrected chi connectivity index (χ3v) is 16.1. The van der Waals surface area contributed by atoms with Gasteiger partial charge in [-0.05, 0) is 81.6 Å². The van der Waals surface area contributed by atoms with Crippen molar-refractivity contribution in [3.63, 3.8) is 0 Å². The minimum Gasteiger partial charge on any atom is -0.458 e. The number of fused-ring (bicyclic) bond motifs is 5. The molecule has 340 valence electrons. The van der Waals surface area contributed by atoms with E-state index in [1.165, 1.54) is 0 Å². The average Bonchev–Trinajstić information content (AvgIpc) is 3.77. The molecule has 0 aromatic carbocycles. The maximum Gasteiger partial charge on any atom is 0.331 e. The average molecular weight is 859 g/mol. The summed E-state index contributed by atoms with van der Waals surface area (Å²) >= 11 is 0.